The van der Waals surface area contributed by atoms with E-state index in [1.54, 1.807) is 6.26 Å². The zero-order valence-electron chi connectivity index (χ0n) is 10.6. The Kier molecular flexibility index (Phi) is 3.64. The number of imidazole rings is 1. The van der Waals surface area contributed by atoms with Crippen LogP contribution < -0.4 is 5.32 Å². The highest BCUT2D eigenvalue weighted by Gasteiger charge is 2.10. The van der Waals surface area contributed by atoms with Gasteiger partial charge in [-0.3, -0.25) is 0 Å². The molecule has 4 nitrogen and oxygen atoms in total. The first kappa shape index (κ1) is 11.9. The number of aryl methyl sites for hydroxylation is 1. The van der Waals surface area contributed by atoms with Crippen molar-refractivity contribution in [3.8, 4) is 11.5 Å². The summed E-state index contributed by atoms with van der Waals surface area (Å²) in [6.07, 6.45) is 2.57. The summed E-state index contributed by atoms with van der Waals surface area (Å²) in [6.45, 7) is 7.23. The summed E-state index contributed by atoms with van der Waals surface area (Å²) < 4.78 is 5.36. The lowest BCUT2D eigenvalue weighted by Crippen LogP contribution is -2.25. The molecular formula is C13H19N3O. The van der Waals surface area contributed by atoms with Gasteiger partial charge in [-0.05, 0) is 19.1 Å². The number of aromatic nitrogens is 2. The second-order valence-electron chi connectivity index (χ2n) is 4.49. The van der Waals surface area contributed by atoms with Crippen molar-refractivity contribution >= 4 is 0 Å². The molecule has 2 heterocycles. The Labute approximate surface area is 101 Å². The van der Waals surface area contributed by atoms with E-state index in [1.807, 2.05) is 19.1 Å². The molecule has 0 saturated carbocycles. The number of hydrogen-bond acceptors (Lipinski definition) is 3. The van der Waals surface area contributed by atoms with Crippen LogP contribution in [0.1, 0.15) is 25.4 Å². The molecule has 2 rings (SSSR count). The van der Waals surface area contributed by atoms with Crippen LogP contribution in [-0.2, 0) is 6.42 Å². The van der Waals surface area contributed by atoms with Gasteiger partial charge in [0.2, 0.25) is 0 Å². The van der Waals surface area contributed by atoms with E-state index in [9.17, 15) is 0 Å². The molecule has 17 heavy (non-hydrogen) atoms. The molecule has 0 bridgehead atoms. The van der Waals surface area contributed by atoms with E-state index in [0.717, 1.165) is 35.9 Å². The van der Waals surface area contributed by atoms with Gasteiger partial charge >= 0.3 is 0 Å². The standard InChI is InChI=1S/C13H19N3O/c1-9(2)14-7-6-12-15-10(3)13(16-12)11-5-4-8-17-11/h4-5,8-9,14H,6-7H2,1-3H3,(H,15,16). The second kappa shape index (κ2) is 5.19. The summed E-state index contributed by atoms with van der Waals surface area (Å²) in [5, 5.41) is 3.37. The maximum atomic E-state index is 5.36. The van der Waals surface area contributed by atoms with Gasteiger partial charge in [-0.1, -0.05) is 13.8 Å². The van der Waals surface area contributed by atoms with E-state index < -0.39 is 0 Å². The van der Waals surface area contributed by atoms with Gasteiger partial charge < -0.3 is 14.7 Å². The Morgan fingerprint density at radius 2 is 2.29 bits per heavy atom. The lowest BCUT2D eigenvalue weighted by molar-refractivity contribution is 0.578. The monoisotopic (exact) mass is 233 g/mol. The van der Waals surface area contributed by atoms with Crippen molar-refractivity contribution in [2.24, 2.45) is 0 Å². The highest BCUT2D eigenvalue weighted by molar-refractivity contribution is 5.55. The summed E-state index contributed by atoms with van der Waals surface area (Å²) >= 11 is 0. The van der Waals surface area contributed by atoms with Crippen molar-refractivity contribution in [3.63, 3.8) is 0 Å². The number of nitrogens with zero attached hydrogens (tertiary/aromatic N) is 1. The Morgan fingerprint density at radius 3 is 2.94 bits per heavy atom. The van der Waals surface area contributed by atoms with Crippen LogP contribution in [0.25, 0.3) is 11.5 Å². The predicted molar refractivity (Wildman–Crippen MR) is 67.9 cm³/mol. The number of furan rings is 1. The van der Waals surface area contributed by atoms with Crippen molar-refractivity contribution in [1.29, 1.82) is 0 Å². The average Bonchev–Trinajstić information content (AvgIpc) is 2.86. The smallest absolute Gasteiger partial charge is 0.154 e. The van der Waals surface area contributed by atoms with E-state index in [1.165, 1.54) is 0 Å². The van der Waals surface area contributed by atoms with Crippen LogP contribution in [0.3, 0.4) is 0 Å². The van der Waals surface area contributed by atoms with E-state index in [0.29, 0.717) is 6.04 Å². The lowest BCUT2D eigenvalue weighted by Gasteiger charge is -2.05. The van der Waals surface area contributed by atoms with E-state index in [4.69, 9.17) is 4.42 Å². The quantitative estimate of drug-likeness (QED) is 0.834. The fourth-order valence-electron chi connectivity index (χ4n) is 1.77. The molecule has 0 aromatic carbocycles. The van der Waals surface area contributed by atoms with Crippen LogP contribution >= 0.6 is 0 Å². The lowest BCUT2D eigenvalue weighted by atomic mass is 10.3. The van der Waals surface area contributed by atoms with Crippen molar-refractivity contribution in [3.05, 3.63) is 29.9 Å². The largest absolute Gasteiger partial charge is 0.463 e. The highest BCUT2D eigenvalue weighted by Crippen LogP contribution is 2.21. The van der Waals surface area contributed by atoms with Gasteiger partial charge in [0, 0.05) is 24.7 Å². The molecule has 0 atom stereocenters. The van der Waals surface area contributed by atoms with Gasteiger partial charge in [-0.25, -0.2) is 4.98 Å². The molecule has 0 saturated heterocycles. The molecule has 4 heteroatoms. The van der Waals surface area contributed by atoms with Gasteiger partial charge in [0.1, 0.15) is 11.5 Å². The van der Waals surface area contributed by atoms with E-state index in [-0.39, 0.29) is 0 Å². The number of aromatic amines is 1. The fourth-order valence-corrected chi connectivity index (χ4v) is 1.77. The Balaban J connectivity index is 2.04. The van der Waals surface area contributed by atoms with Gasteiger partial charge in [-0.2, -0.15) is 0 Å². The predicted octanol–water partition coefficient (Wildman–Crippen LogP) is 2.52. The van der Waals surface area contributed by atoms with Crippen LogP contribution in [0, 0.1) is 6.92 Å². The molecule has 0 amide bonds. The third-order valence-electron chi connectivity index (χ3n) is 2.60. The van der Waals surface area contributed by atoms with Gasteiger partial charge in [-0.15, -0.1) is 0 Å². The maximum Gasteiger partial charge on any atom is 0.154 e. The first-order valence-electron chi connectivity index (χ1n) is 5.99. The number of rotatable bonds is 5. The van der Waals surface area contributed by atoms with Crippen molar-refractivity contribution in [2.75, 3.05) is 6.54 Å². The third-order valence-corrected chi connectivity index (χ3v) is 2.60. The van der Waals surface area contributed by atoms with Crippen molar-refractivity contribution < 1.29 is 4.42 Å². The van der Waals surface area contributed by atoms with Crippen LogP contribution in [0.2, 0.25) is 0 Å². The topological polar surface area (TPSA) is 53.9 Å². The summed E-state index contributed by atoms with van der Waals surface area (Å²) in [7, 11) is 0. The number of nitrogens with one attached hydrogen (secondary N) is 2. The summed E-state index contributed by atoms with van der Waals surface area (Å²) in [4.78, 5) is 7.86. The zero-order valence-corrected chi connectivity index (χ0v) is 10.6. The molecule has 0 aliphatic heterocycles. The molecule has 2 N–H and O–H groups in total. The Bertz CT molecular complexity index is 457. The molecule has 0 fully saturated rings. The molecule has 2 aromatic rings. The summed E-state index contributed by atoms with van der Waals surface area (Å²) in [5.41, 5.74) is 1.97. The minimum absolute atomic E-state index is 0.510. The molecule has 0 radical (unpaired) electrons. The van der Waals surface area contributed by atoms with Crippen molar-refractivity contribution in [1.82, 2.24) is 15.3 Å². The first-order chi connectivity index (χ1) is 8.16. The highest BCUT2D eigenvalue weighted by atomic mass is 16.3. The second-order valence-corrected chi connectivity index (χ2v) is 4.49. The molecular weight excluding hydrogens is 214 g/mol. The first-order valence-corrected chi connectivity index (χ1v) is 5.99. The Hall–Kier alpha value is -1.55. The third kappa shape index (κ3) is 2.97. The van der Waals surface area contributed by atoms with Gasteiger partial charge in [0.25, 0.3) is 0 Å². The maximum absolute atomic E-state index is 5.36. The van der Waals surface area contributed by atoms with Crippen molar-refractivity contribution in [2.45, 2.75) is 33.2 Å². The average molecular weight is 233 g/mol. The molecule has 92 valence electrons. The normalized spacial score (nSPS) is 11.3. The van der Waals surface area contributed by atoms with Crippen LogP contribution in [0.5, 0.6) is 0 Å². The summed E-state index contributed by atoms with van der Waals surface area (Å²) in [6, 6.07) is 4.32. The SMILES string of the molecule is Cc1[nH]c(CCNC(C)C)nc1-c1ccco1. The zero-order chi connectivity index (χ0) is 12.3. The molecule has 0 spiro atoms. The van der Waals surface area contributed by atoms with Crippen LogP contribution in [-0.4, -0.2) is 22.6 Å². The minimum Gasteiger partial charge on any atom is -0.463 e. The molecule has 0 aliphatic carbocycles. The van der Waals surface area contributed by atoms with Crippen LogP contribution in [0.15, 0.2) is 22.8 Å². The van der Waals surface area contributed by atoms with Crippen LogP contribution in [0.4, 0.5) is 0 Å². The summed E-state index contributed by atoms with van der Waals surface area (Å²) in [5.74, 6) is 1.82. The number of H-pyrrole nitrogens is 1. The minimum atomic E-state index is 0.510. The Morgan fingerprint density at radius 1 is 1.47 bits per heavy atom. The molecule has 0 aliphatic rings. The van der Waals surface area contributed by atoms with E-state index in [2.05, 4.69) is 29.1 Å². The fraction of sp³-hybridized carbons (Fsp3) is 0.462. The van der Waals surface area contributed by atoms with Gasteiger partial charge in [0.15, 0.2) is 5.76 Å². The van der Waals surface area contributed by atoms with E-state index >= 15 is 0 Å². The number of hydrogen-bond donors (Lipinski definition) is 2. The molecule has 2 aromatic heterocycles. The van der Waals surface area contributed by atoms with Gasteiger partial charge in [0.05, 0.1) is 6.26 Å². The molecule has 0 unspecified atom stereocenters.